The molecule has 0 fully saturated rings. The molecule has 3 N–H and O–H groups in total. The summed E-state index contributed by atoms with van der Waals surface area (Å²) in [4.78, 5) is 0. The number of hydrogen-bond donors (Lipinski definition) is 2. The summed E-state index contributed by atoms with van der Waals surface area (Å²) in [5, 5.41) is 0. The predicted molar refractivity (Wildman–Crippen MR) is 50.4 cm³/mol. The minimum atomic E-state index is -4.34. The second kappa shape index (κ2) is 4.94. The molecule has 0 aliphatic heterocycles. The Kier molecular flexibility index (Phi) is 4.90. The van der Waals surface area contributed by atoms with Gasteiger partial charge in [-0.1, -0.05) is 18.2 Å². The van der Waals surface area contributed by atoms with Gasteiger partial charge in [0.25, 0.3) is 0 Å². The van der Waals surface area contributed by atoms with Crippen LogP contribution in [0.2, 0.25) is 0 Å². The van der Waals surface area contributed by atoms with E-state index in [9.17, 15) is 8.42 Å². The Bertz CT molecular complexity index is 353. The Morgan fingerprint density at radius 3 is 2.08 bits per heavy atom. The second-order valence-corrected chi connectivity index (χ2v) is 3.40. The van der Waals surface area contributed by atoms with Crippen molar-refractivity contribution in [3.05, 3.63) is 30.3 Å². The molecule has 1 rings (SSSR count). The monoisotopic (exact) mass is 211 g/mol. The Morgan fingerprint density at radius 1 is 1.23 bits per heavy atom. The zero-order valence-electron chi connectivity index (χ0n) is 7.08. The molecule has 0 spiro atoms. The van der Waals surface area contributed by atoms with Crippen molar-refractivity contribution in [2.24, 2.45) is 5.84 Å². The van der Waals surface area contributed by atoms with Gasteiger partial charge in [-0.2, -0.15) is 12.8 Å². The van der Waals surface area contributed by atoms with Gasteiger partial charge in [0, 0.05) is 29.6 Å². The van der Waals surface area contributed by atoms with Crippen LogP contribution in [-0.2, 0) is 10.3 Å². The van der Waals surface area contributed by atoms with Crippen molar-refractivity contribution in [1.82, 2.24) is 0 Å². The molecule has 13 heavy (non-hydrogen) atoms. The number of anilines is 1. The number of benzene rings is 1. The van der Waals surface area contributed by atoms with Gasteiger partial charge in [0.2, 0.25) is 0 Å². The molecule has 1 radical (unpaired) electrons. The van der Waals surface area contributed by atoms with Crippen molar-refractivity contribution in [1.29, 1.82) is 0 Å². The molecule has 0 heterocycles. The van der Waals surface area contributed by atoms with Crippen LogP contribution in [0.15, 0.2) is 30.3 Å². The predicted octanol–water partition coefficient (Wildman–Crippen LogP) is -0.211. The number of para-hydroxylation sites is 1. The maximum atomic E-state index is 10.5. The second-order valence-electron chi connectivity index (χ2n) is 2.11. The van der Waals surface area contributed by atoms with Crippen LogP contribution in [0.4, 0.5) is 5.69 Å². The topological polar surface area (TPSA) is 83.6 Å². The van der Waals surface area contributed by atoms with Crippen LogP contribution in [0.3, 0.4) is 0 Å². The average Bonchev–Trinajstić information content (AvgIpc) is 2.03. The van der Waals surface area contributed by atoms with Gasteiger partial charge in [-0.05, 0) is 12.1 Å². The summed E-state index contributed by atoms with van der Waals surface area (Å²) < 4.78 is 29.8. The van der Waals surface area contributed by atoms with E-state index < -0.39 is 10.3 Å². The molecule has 0 saturated carbocycles. The summed E-state index contributed by atoms with van der Waals surface area (Å²) in [6, 6.07) is 7.86. The number of hydrogen-bond acceptors (Lipinski definition) is 3. The summed E-state index contributed by atoms with van der Waals surface area (Å²) in [7, 11) is -4.34. The Morgan fingerprint density at radius 2 is 1.69 bits per heavy atom. The molecular weight excluding hydrogens is 203 g/mol. The van der Waals surface area contributed by atoms with Crippen molar-refractivity contribution >= 4 is 45.5 Å². The molecule has 0 atom stereocenters. The van der Waals surface area contributed by atoms with E-state index in [-0.39, 0.29) is 35.2 Å². The maximum absolute atomic E-state index is 10.5. The van der Waals surface area contributed by atoms with E-state index in [1.165, 1.54) is 12.1 Å². The quantitative estimate of drug-likeness (QED) is 0.307. The molecule has 67 valence electrons. The van der Waals surface area contributed by atoms with Crippen LogP contribution in [0.25, 0.3) is 0 Å². The number of rotatable bonds is 2. The molecule has 0 aliphatic carbocycles. The van der Waals surface area contributed by atoms with Crippen LogP contribution in [0, 0.1) is 0 Å². The van der Waals surface area contributed by atoms with Crippen molar-refractivity contribution in [2.45, 2.75) is 0 Å². The minimum absolute atomic E-state index is 0. The number of nitrogens with two attached hydrogens (primary N) is 1. The SMILES string of the molecule is NN(c1ccccc1)S(=O)(=O)O.[Na]. The standard InChI is InChI=1S/C6H8N2O3S.Na/c7-8(12(9,10)11)6-4-2-1-3-5-6;/h1-5H,7H2,(H,9,10,11);. The fourth-order valence-electron chi connectivity index (χ4n) is 0.708. The number of hydrazine groups is 1. The number of nitrogens with zero attached hydrogens (tertiary/aromatic N) is 1. The van der Waals surface area contributed by atoms with Gasteiger partial charge < -0.3 is 0 Å². The fraction of sp³-hybridized carbons (Fsp3) is 0. The summed E-state index contributed by atoms with van der Waals surface area (Å²) in [6.45, 7) is 0. The molecule has 0 aliphatic rings. The molecule has 0 aromatic heterocycles. The van der Waals surface area contributed by atoms with E-state index in [1.807, 2.05) is 0 Å². The van der Waals surface area contributed by atoms with E-state index in [4.69, 9.17) is 10.4 Å². The third kappa shape index (κ3) is 3.63. The van der Waals surface area contributed by atoms with E-state index in [0.717, 1.165) is 0 Å². The normalized spacial score (nSPS) is 10.3. The molecule has 1 aromatic carbocycles. The van der Waals surface area contributed by atoms with Crippen molar-refractivity contribution in [3.8, 4) is 0 Å². The fourth-order valence-corrected chi connectivity index (χ4v) is 1.10. The van der Waals surface area contributed by atoms with Gasteiger partial charge in [-0.15, -0.1) is 0 Å². The van der Waals surface area contributed by atoms with Gasteiger partial charge in [-0.25, -0.2) is 5.84 Å². The Hall–Kier alpha value is -0.110. The molecule has 0 unspecified atom stereocenters. The average molecular weight is 211 g/mol. The maximum Gasteiger partial charge on any atom is 0.373 e. The van der Waals surface area contributed by atoms with E-state index >= 15 is 0 Å². The summed E-state index contributed by atoms with van der Waals surface area (Å²) in [5.74, 6) is 5.07. The Balaban J connectivity index is 0.00000144. The largest absolute Gasteiger partial charge is 0.373 e. The zero-order chi connectivity index (χ0) is 9.19. The van der Waals surface area contributed by atoms with Gasteiger partial charge in [0.05, 0.1) is 5.69 Å². The first-order chi connectivity index (χ1) is 5.52. The van der Waals surface area contributed by atoms with Crippen molar-refractivity contribution < 1.29 is 13.0 Å². The molecule has 7 heteroatoms. The molecular formula is C6H8N2NaO3S. The van der Waals surface area contributed by atoms with Gasteiger partial charge in [-0.3, -0.25) is 4.55 Å². The van der Waals surface area contributed by atoms with Crippen molar-refractivity contribution in [2.75, 3.05) is 4.41 Å². The van der Waals surface area contributed by atoms with Gasteiger partial charge in [0.1, 0.15) is 0 Å². The molecule has 0 amide bonds. The summed E-state index contributed by atoms with van der Waals surface area (Å²) in [5.41, 5.74) is 0.208. The minimum Gasteiger partial charge on any atom is -0.268 e. The van der Waals surface area contributed by atoms with Gasteiger partial charge >= 0.3 is 10.3 Å². The summed E-state index contributed by atoms with van der Waals surface area (Å²) >= 11 is 0. The zero-order valence-corrected chi connectivity index (χ0v) is 9.90. The van der Waals surface area contributed by atoms with Crippen LogP contribution in [0.1, 0.15) is 0 Å². The van der Waals surface area contributed by atoms with Crippen LogP contribution in [0.5, 0.6) is 0 Å². The Labute approximate surface area is 98.7 Å². The van der Waals surface area contributed by atoms with Crippen LogP contribution in [-0.4, -0.2) is 42.5 Å². The third-order valence-corrected chi connectivity index (χ3v) is 1.97. The molecule has 0 bridgehead atoms. The smallest absolute Gasteiger partial charge is 0.268 e. The first-order valence-corrected chi connectivity index (χ1v) is 4.49. The third-order valence-electron chi connectivity index (χ3n) is 1.26. The van der Waals surface area contributed by atoms with Crippen LogP contribution >= 0.6 is 0 Å². The first kappa shape index (κ1) is 12.9. The van der Waals surface area contributed by atoms with E-state index in [0.29, 0.717) is 4.41 Å². The van der Waals surface area contributed by atoms with Crippen molar-refractivity contribution in [3.63, 3.8) is 0 Å². The summed E-state index contributed by atoms with van der Waals surface area (Å²) in [6.07, 6.45) is 0. The van der Waals surface area contributed by atoms with Crippen LogP contribution < -0.4 is 10.3 Å². The van der Waals surface area contributed by atoms with E-state index in [1.54, 1.807) is 18.2 Å². The molecule has 5 nitrogen and oxygen atoms in total. The molecule has 0 saturated heterocycles. The van der Waals surface area contributed by atoms with Gasteiger partial charge in [0.15, 0.2) is 0 Å². The molecule has 1 aromatic rings. The first-order valence-electron chi connectivity index (χ1n) is 3.09. The van der Waals surface area contributed by atoms with E-state index in [2.05, 4.69) is 0 Å².